The standard InChI is InChI=1S/C24H25N3O2S/c1-16(8-9-17-6-4-3-5-7-17)27-14-21(28)22(23(27)25)24-26-20(15-30-24)18-10-12-19(29-2)13-11-18/h3-7,10-13,15-16,25,28H,8-9,14H2,1-2H3/t16-/m0/s1. The topological polar surface area (TPSA) is 69.4 Å². The van der Waals surface area contributed by atoms with Crippen LogP contribution in [0.1, 0.15) is 23.9 Å². The van der Waals surface area contributed by atoms with Crippen molar-refractivity contribution in [3.63, 3.8) is 0 Å². The van der Waals surface area contributed by atoms with Crippen LogP contribution in [0.25, 0.3) is 16.8 Å². The molecule has 1 aliphatic heterocycles. The molecule has 0 amide bonds. The van der Waals surface area contributed by atoms with Crippen molar-refractivity contribution >= 4 is 22.7 Å². The summed E-state index contributed by atoms with van der Waals surface area (Å²) in [5.41, 5.74) is 3.65. The van der Waals surface area contributed by atoms with Gasteiger partial charge in [0.05, 0.1) is 24.9 Å². The Bertz CT molecular complexity index is 1060. The Morgan fingerprint density at radius 2 is 1.90 bits per heavy atom. The molecule has 2 heterocycles. The van der Waals surface area contributed by atoms with E-state index >= 15 is 0 Å². The summed E-state index contributed by atoms with van der Waals surface area (Å²) in [5.74, 6) is 1.37. The predicted molar refractivity (Wildman–Crippen MR) is 122 cm³/mol. The molecule has 3 aromatic rings. The maximum Gasteiger partial charge on any atom is 0.135 e. The Balaban J connectivity index is 1.46. The molecule has 0 aliphatic carbocycles. The summed E-state index contributed by atoms with van der Waals surface area (Å²) < 4.78 is 5.21. The van der Waals surface area contributed by atoms with Crippen LogP contribution in [-0.4, -0.2) is 40.5 Å². The highest BCUT2D eigenvalue weighted by atomic mass is 32.1. The number of aliphatic hydroxyl groups excluding tert-OH is 1. The van der Waals surface area contributed by atoms with E-state index in [2.05, 4.69) is 19.1 Å². The molecule has 0 radical (unpaired) electrons. The van der Waals surface area contributed by atoms with Gasteiger partial charge in [0, 0.05) is 17.0 Å². The third-order valence-electron chi connectivity index (χ3n) is 5.46. The van der Waals surface area contributed by atoms with Gasteiger partial charge in [0.25, 0.3) is 0 Å². The van der Waals surface area contributed by atoms with Crippen LogP contribution >= 0.6 is 11.3 Å². The fraction of sp³-hybridized carbons (Fsp3) is 0.250. The predicted octanol–water partition coefficient (Wildman–Crippen LogP) is 5.40. The molecule has 154 valence electrons. The van der Waals surface area contributed by atoms with E-state index in [4.69, 9.17) is 15.1 Å². The highest BCUT2D eigenvalue weighted by molar-refractivity contribution is 7.11. The van der Waals surface area contributed by atoms with E-state index < -0.39 is 0 Å². The van der Waals surface area contributed by atoms with Crippen LogP contribution in [0.2, 0.25) is 0 Å². The van der Waals surface area contributed by atoms with Gasteiger partial charge < -0.3 is 14.7 Å². The summed E-state index contributed by atoms with van der Waals surface area (Å²) in [6.07, 6.45) is 1.86. The van der Waals surface area contributed by atoms with E-state index in [-0.39, 0.29) is 11.8 Å². The number of aromatic nitrogens is 1. The lowest BCUT2D eigenvalue weighted by Gasteiger charge is -2.26. The molecule has 0 saturated carbocycles. The Morgan fingerprint density at radius 1 is 1.17 bits per heavy atom. The van der Waals surface area contributed by atoms with Crippen molar-refractivity contribution < 1.29 is 9.84 Å². The Labute approximate surface area is 180 Å². The molecule has 1 aliphatic rings. The second-order valence-corrected chi connectivity index (χ2v) is 8.30. The first-order valence-electron chi connectivity index (χ1n) is 9.98. The number of aliphatic hydroxyl groups is 1. The molecule has 5 nitrogen and oxygen atoms in total. The molecule has 4 rings (SSSR count). The molecule has 1 atom stereocenters. The number of nitrogens with zero attached hydrogens (tertiary/aromatic N) is 2. The highest BCUT2D eigenvalue weighted by Crippen LogP contribution is 2.33. The van der Waals surface area contributed by atoms with Crippen LogP contribution < -0.4 is 4.74 Å². The van der Waals surface area contributed by atoms with Crippen molar-refractivity contribution in [2.45, 2.75) is 25.8 Å². The third kappa shape index (κ3) is 4.09. The fourth-order valence-corrected chi connectivity index (χ4v) is 4.56. The van der Waals surface area contributed by atoms with Gasteiger partial charge in [-0.3, -0.25) is 5.41 Å². The van der Waals surface area contributed by atoms with Gasteiger partial charge in [0.2, 0.25) is 0 Å². The Morgan fingerprint density at radius 3 is 2.60 bits per heavy atom. The molecule has 2 aromatic carbocycles. The van der Waals surface area contributed by atoms with Gasteiger partial charge >= 0.3 is 0 Å². The van der Waals surface area contributed by atoms with Crippen LogP contribution in [-0.2, 0) is 6.42 Å². The number of rotatable bonds is 7. The van der Waals surface area contributed by atoms with Gasteiger partial charge in [-0.15, -0.1) is 11.3 Å². The summed E-state index contributed by atoms with van der Waals surface area (Å²) >= 11 is 1.46. The van der Waals surface area contributed by atoms with Crippen molar-refractivity contribution in [1.82, 2.24) is 9.88 Å². The average Bonchev–Trinajstić information content (AvgIpc) is 3.37. The average molecular weight is 420 g/mol. The van der Waals surface area contributed by atoms with Gasteiger partial charge in [-0.2, -0.15) is 0 Å². The molecule has 0 unspecified atom stereocenters. The minimum Gasteiger partial charge on any atom is -0.510 e. The van der Waals surface area contributed by atoms with Crippen LogP contribution in [0.4, 0.5) is 0 Å². The molecule has 6 heteroatoms. The van der Waals surface area contributed by atoms with Crippen molar-refractivity contribution in [3.05, 3.63) is 76.3 Å². The second-order valence-electron chi connectivity index (χ2n) is 7.44. The Kier molecular flexibility index (Phi) is 5.86. The van der Waals surface area contributed by atoms with Crippen molar-refractivity contribution in [2.24, 2.45) is 0 Å². The minimum atomic E-state index is 0.151. The number of hydrogen-bond acceptors (Lipinski definition) is 5. The van der Waals surface area contributed by atoms with Crippen LogP contribution in [0.5, 0.6) is 5.75 Å². The van der Waals surface area contributed by atoms with Gasteiger partial charge in [-0.25, -0.2) is 4.98 Å². The van der Waals surface area contributed by atoms with Crippen molar-refractivity contribution in [1.29, 1.82) is 5.41 Å². The molecule has 0 fully saturated rings. The van der Waals surface area contributed by atoms with E-state index in [1.165, 1.54) is 16.9 Å². The Hall–Kier alpha value is -3.12. The molecular formula is C24H25N3O2S. The van der Waals surface area contributed by atoms with Crippen LogP contribution in [0.15, 0.2) is 65.7 Å². The van der Waals surface area contributed by atoms with Crippen molar-refractivity contribution in [3.8, 4) is 17.0 Å². The first-order chi connectivity index (χ1) is 14.6. The lowest BCUT2D eigenvalue weighted by Crippen LogP contribution is -2.35. The SMILES string of the molecule is COc1ccc(-c2csc(C3=C(O)CN([C@@H](C)CCc4ccccc4)C3=N)n2)cc1. The van der Waals surface area contributed by atoms with E-state index in [0.29, 0.717) is 23.0 Å². The number of aryl methyl sites for hydroxylation is 1. The van der Waals surface area contributed by atoms with E-state index in [0.717, 1.165) is 29.8 Å². The molecule has 0 spiro atoms. The van der Waals surface area contributed by atoms with Gasteiger partial charge in [0.15, 0.2) is 0 Å². The number of amidine groups is 1. The first kappa shape index (κ1) is 20.2. The number of ether oxygens (including phenoxy) is 1. The zero-order valence-corrected chi connectivity index (χ0v) is 17.9. The number of methoxy groups -OCH3 is 1. The molecule has 2 N–H and O–H groups in total. The summed E-state index contributed by atoms with van der Waals surface area (Å²) in [4.78, 5) is 6.66. The van der Waals surface area contributed by atoms with Gasteiger partial charge in [-0.05, 0) is 49.6 Å². The highest BCUT2D eigenvalue weighted by Gasteiger charge is 2.32. The monoisotopic (exact) mass is 419 g/mol. The van der Waals surface area contributed by atoms with Crippen molar-refractivity contribution in [2.75, 3.05) is 13.7 Å². The summed E-state index contributed by atoms with van der Waals surface area (Å²) in [6.45, 7) is 2.47. The quantitative estimate of drug-likeness (QED) is 0.538. The van der Waals surface area contributed by atoms with Gasteiger partial charge in [-0.1, -0.05) is 30.3 Å². The maximum atomic E-state index is 10.6. The summed E-state index contributed by atoms with van der Waals surface area (Å²) in [5, 5.41) is 21.9. The minimum absolute atomic E-state index is 0.151. The number of thiazole rings is 1. The molecule has 0 saturated heterocycles. The second kappa shape index (κ2) is 8.71. The molecule has 0 bridgehead atoms. The van der Waals surface area contributed by atoms with Gasteiger partial charge in [0.1, 0.15) is 22.4 Å². The molecule has 1 aromatic heterocycles. The molecule has 30 heavy (non-hydrogen) atoms. The number of nitrogens with one attached hydrogen (secondary N) is 1. The summed E-state index contributed by atoms with van der Waals surface area (Å²) in [7, 11) is 1.64. The zero-order valence-electron chi connectivity index (χ0n) is 17.1. The summed E-state index contributed by atoms with van der Waals surface area (Å²) in [6, 6.07) is 18.2. The maximum absolute atomic E-state index is 10.6. The molecular weight excluding hydrogens is 394 g/mol. The fourth-order valence-electron chi connectivity index (χ4n) is 3.66. The van der Waals surface area contributed by atoms with Crippen LogP contribution in [0.3, 0.4) is 0 Å². The lowest BCUT2D eigenvalue weighted by molar-refractivity contribution is 0.296. The van der Waals surface area contributed by atoms with E-state index in [1.54, 1.807) is 7.11 Å². The zero-order chi connectivity index (χ0) is 21.1. The van der Waals surface area contributed by atoms with Crippen LogP contribution in [0, 0.1) is 5.41 Å². The normalized spacial score (nSPS) is 15.0. The van der Waals surface area contributed by atoms with E-state index in [9.17, 15) is 5.11 Å². The first-order valence-corrected chi connectivity index (χ1v) is 10.9. The largest absolute Gasteiger partial charge is 0.510 e. The van der Waals surface area contributed by atoms with E-state index in [1.807, 2.05) is 52.7 Å². The third-order valence-corrected chi connectivity index (χ3v) is 6.32. The number of hydrogen-bond donors (Lipinski definition) is 2. The lowest BCUT2D eigenvalue weighted by atomic mass is 10.1. The number of benzene rings is 2. The smallest absolute Gasteiger partial charge is 0.135 e.